The van der Waals surface area contributed by atoms with Crippen LogP contribution in [0.4, 0.5) is 11.4 Å². The van der Waals surface area contributed by atoms with Crippen molar-refractivity contribution in [3.05, 3.63) is 24.3 Å². The molecule has 1 saturated carbocycles. The smallest absolute Gasteiger partial charge is 0.0462 e. The third kappa shape index (κ3) is 3.70. The SMILES string of the molecule is OCC1CCCCC1CNc1ccc(N2CCCC2)cc1. The molecule has 0 radical (unpaired) electrons. The Labute approximate surface area is 128 Å². The van der Waals surface area contributed by atoms with Crippen molar-refractivity contribution in [3.8, 4) is 0 Å². The van der Waals surface area contributed by atoms with E-state index < -0.39 is 0 Å². The number of anilines is 2. The highest BCUT2D eigenvalue weighted by Crippen LogP contribution is 2.30. The highest BCUT2D eigenvalue weighted by molar-refractivity contribution is 5.55. The van der Waals surface area contributed by atoms with Gasteiger partial charge in [0.15, 0.2) is 0 Å². The predicted molar refractivity (Wildman–Crippen MR) is 88.9 cm³/mol. The molecule has 2 unspecified atom stereocenters. The van der Waals surface area contributed by atoms with E-state index in [2.05, 4.69) is 34.5 Å². The van der Waals surface area contributed by atoms with Gasteiger partial charge in [0.25, 0.3) is 0 Å². The Morgan fingerprint density at radius 3 is 2.29 bits per heavy atom. The lowest BCUT2D eigenvalue weighted by Crippen LogP contribution is -2.28. The predicted octanol–water partition coefficient (Wildman–Crippen LogP) is 3.50. The van der Waals surface area contributed by atoms with Gasteiger partial charge in [-0.05, 0) is 61.8 Å². The quantitative estimate of drug-likeness (QED) is 0.870. The second-order valence-electron chi connectivity index (χ2n) is 6.61. The van der Waals surface area contributed by atoms with E-state index in [1.54, 1.807) is 0 Å². The number of benzene rings is 1. The average Bonchev–Trinajstić information content (AvgIpc) is 3.08. The molecule has 1 aromatic rings. The highest BCUT2D eigenvalue weighted by atomic mass is 16.3. The molecule has 3 nitrogen and oxygen atoms in total. The van der Waals surface area contributed by atoms with E-state index in [1.807, 2.05) is 0 Å². The standard InChI is InChI=1S/C18H28N2O/c21-14-16-6-2-1-5-15(16)13-19-17-7-9-18(10-8-17)20-11-3-4-12-20/h7-10,15-16,19,21H,1-6,11-14H2. The zero-order chi connectivity index (χ0) is 14.5. The summed E-state index contributed by atoms with van der Waals surface area (Å²) in [6.45, 7) is 3.74. The van der Waals surface area contributed by atoms with Gasteiger partial charge in [-0.25, -0.2) is 0 Å². The molecule has 1 saturated heterocycles. The maximum Gasteiger partial charge on any atom is 0.0462 e. The lowest BCUT2D eigenvalue weighted by atomic mass is 9.79. The Balaban J connectivity index is 1.52. The van der Waals surface area contributed by atoms with E-state index in [0.29, 0.717) is 18.4 Å². The van der Waals surface area contributed by atoms with Crippen molar-refractivity contribution in [1.82, 2.24) is 0 Å². The molecule has 0 bridgehead atoms. The van der Waals surface area contributed by atoms with Crippen molar-refractivity contribution >= 4 is 11.4 Å². The second-order valence-corrected chi connectivity index (χ2v) is 6.61. The van der Waals surface area contributed by atoms with E-state index in [9.17, 15) is 5.11 Å². The summed E-state index contributed by atoms with van der Waals surface area (Å²) in [7, 11) is 0. The molecule has 0 aromatic heterocycles. The zero-order valence-corrected chi connectivity index (χ0v) is 12.9. The largest absolute Gasteiger partial charge is 0.396 e. The fourth-order valence-electron chi connectivity index (χ4n) is 3.81. The normalized spacial score (nSPS) is 26.0. The van der Waals surface area contributed by atoms with Crippen LogP contribution in [0.3, 0.4) is 0 Å². The molecule has 3 heteroatoms. The van der Waals surface area contributed by atoms with Gasteiger partial charge in [0, 0.05) is 37.6 Å². The number of hydrogen-bond acceptors (Lipinski definition) is 3. The molecule has 2 fully saturated rings. The van der Waals surface area contributed by atoms with Crippen LogP contribution in [0.25, 0.3) is 0 Å². The summed E-state index contributed by atoms with van der Waals surface area (Å²) in [5.74, 6) is 1.12. The Bertz CT molecular complexity index is 425. The van der Waals surface area contributed by atoms with E-state index in [1.165, 1.54) is 63.0 Å². The summed E-state index contributed by atoms with van der Waals surface area (Å²) >= 11 is 0. The van der Waals surface area contributed by atoms with Crippen molar-refractivity contribution in [2.24, 2.45) is 11.8 Å². The molecular weight excluding hydrogens is 260 g/mol. The van der Waals surface area contributed by atoms with Gasteiger partial charge >= 0.3 is 0 Å². The van der Waals surface area contributed by atoms with Crippen molar-refractivity contribution in [2.45, 2.75) is 38.5 Å². The van der Waals surface area contributed by atoms with Crippen LogP contribution in [0, 0.1) is 11.8 Å². The number of nitrogens with zero attached hydrogens (tertiary/aromatic N) is 1. The van der Waals surface area contributed by atoms with Crippen LogP contribution in [0.5, 0.6) is 0 Å². The maximum absolute atomic E-state index is 9.48. The number of aliphatic hydroxyl groups excluding tert-OH is 1. The topological polar surface area (TPSA) is 35.5 Å². The summed E-state index contributed by atoms with van der Waals surface area (Å²) in [5.41, 5.74) is 2.56. The van der Waals surface area contributed by atoms with Gasteiger partial charge < -0.3 is 15.3 Å². The minimum atomic E-state index is 0.347. The van der Waals surface area contributed by atoms with Crippen LogP contribution >= 0.6 is 0 Å². The first-order chi connectivity index (χ1) is 10.4. The summed E-state index contributed by atoms with van der Waals surface area (Å²) in [6.07, 6.45) is 7.69. The summed E-state index contributed by atoms with van der Waals surface area (Å²) in [5, 5.41) is 13.0. The van der Waals surface area contributed by atoms with Crippen LogP contribution in [0.15, 0.2) is 24.3 Å². The molecule has 2 atom stereocenters. The van der Waals surface area contributed by atoms with E-state index in [0.717, 1.165) is 6.54 Å². The van der Waals surface area contributed by atoms with Crippen molar-refractivity contribution in [3.63, 3.8) is 0 Å². The Hall–Kier alpha value is -1.22. The average molecular weight is 288 g/mol. The van der Waals surface area contributed by atoms with E-state index >= 15 is 0 Å². The van der Waals surface area contributed by atoms with Crippen LogP contribution in [-0.4, -0.2) is 31.3 Å². The summed E-state index contributed by atoms with van der Waals surface area (Å²) in [4.78, 5) is 2.46. The molecule has 1 aromatic carbocycles. The fraction of sp³-hybridized carbons (Fsp3) is 0.667. The van der Waals surface area contributed by atoms with Crippen molar-refractivity contribution in [2.75, 3.05) is 36.5 Å². The molecule has 116 valence electrons. The van der Waals surface area contributed by atoms with E-state index in [4.69, 9.17) is 0 Å². The fourth-order valence-corrected chi connectivity index (χ4v) is 3.81. The first kappa shape index (κ1) is 14.7. The third-order valence-corrected chi connectivity index (χ3v) is 5.21. The third-order valence-electron chi connectivity index (χ3n) is 5.21. The Kier molecular flexibility index (Phi) is 5.02. The Morgan fingerprint density at radius 1 is 0.952 bits per heavy atom. The molecule has 1 heterocycles. The molecule has 2 aliphatic rings. The van der Waals surface area contributed by atoms with Gasteiger partial charge in [-0.2, -0.15) is 0 Å². The molecular formula is C18H28N2O. The lowest BCUT2D eigenvalue weighted by molar-refractivity contribution is 0.141. The molecule has 0 amide bonds. The Morgan fingerprint density at radius 2 is 1.62 bits per heavy atom. The van der Waals surface area contributed by atoms with Gasteiger partial charge in [0.1, 0.15) is 0 Å². The lowest BCUT2D eigenvalue weighted by Gasteiger charge is -2.30. The van der Waals surface area contributed by atoms with Crippen LogP contribution in [0.2, 0.25) is 0 Å². The first-order valence-corrected chi connectivity index (χ1v) is 8.56. The molecule has 1 aliphatic carbocycles. The van der Waals surface area contributed by atoms with Gasteiger partial charge in [-0.1, -0.05) is 12.8 Å². The molecule has 1 aliphatic heterocycles. The highest BCUT2D eigenvalue weighted by Gasteiger charge is 2.24. The van der Waals surface area contributed by atoms with Crippen LogP contribution in [0.1, 0.15) is 38.5 Å². The summed E-state index contributed by atoms with van der Waals surface area (Å²) < 4.78 is 0. The molecule has 21 heavy (non-hydrogen) atoms. The molecule has 0 spiro atoms. The van der Waals surface area contributed by atoms with Crippen LogP contribution in [-0.2, 0) is 0 Å². The minimum absolute atomic E-state index is 0.347. The number of aliphatic hydroxyl groups is 1. The number of hydrogen-bond donors (Lipinski definition) is 2. The van der Waals surface area contributed by atoms with Crippen molar-refractivity contribution in [1.29, 1.82) is 0 Å². The second kappa shape index (κ2) is 7.17. The van der Waals surface area contributed by atoms with Gasteiger partial charge in [0.2, 0.25) is 0 Å². The first-order valence-electron chi connectivity index (χ1n) is 8.56. The number of rotatable bonds is 5. The molecule has 2 N–H and O–H groups in total. The summed E-state index contributed by atoms with van der Waals surface area (Å²) in [6, 6.07) is 8.87. The monoisotopic (exact) mass is 288 g/mol. The maximum atomic E-state index is 9.48. The molecule has 3 rings (SSSR count). The van der Waals surface area contributed by atoms with Crippen LogP contribution < -0.4 is 10.2 Å². The van der Waals surface area contributed by atoms with Crippen molar-refractivity contribution < 1.29 is 5.11 Å². The minimum Gasteiger partial charge on any atom is -0.396 e. The van der Waals surface area contributed by atoms with E-state index in [-0.39, 0.29) is 0 Å². The van der Waals surface area contributed by atoms with Gasteiger partial charge in [0.05, 0.1) is 0 Å². The zero-order valence-electron chi connectivity index (χ0n) is 12.9. The van der Waals surface area contributed by atoms with Gasteiger partial charge in [-0.15, -0.1) is 0 Å². The number of nitrogens with one attached hydrogen (secondary N) is 1. The van der Waals surface area contributed by atoms with Gasteiger partial charge in [-0.3, -0.25) is 0 Å².